The molecule has 1 aromatic heterocycles. The van der Waals surface area contributed by atoms with Gasteiger partial charge in [0.2, 0.25) is 5.82 Å². The fourth-order valence-electron chi connectivity index (χ4n) is 1.44. The van der Waals surface area contributed by atoms with E-state index in [-0.39, 0.29) is 5.82 Å². The molecule has 0 saturated carbocycles. The fraction of sp³-hybridized carbons (Fsp3) is 0. The van der Waals surface area contributed by atoms with E-state index < -0.39 is 22.1 Å². The van der Waals surface area contributed by atoms with Crippen molar-refractivity contribution in [1.29, 1.82) is 0 Å². The molecule has 0 atom stereocenters. The van der Waals surface area contributed by atoms with Gasteiger partial charge in [-0.25, -0.2) is 4.98 Å². The minimum Gasteiger partial charge on any atom is -0.307 e. The maximum absolute atomic E-state index is 11.8. The summed E-state index contributed by atoms with van der Waals surface area (Å²) in [6, 6.07) is 6.45. The average Bonchev–Trinajstić information content (AvgIpc) is 2.45. The lowest BCUT2D eigenvalue weighted by molar-refractivity contribution is -0.385. The number of aromatic amines is 1. The Morgan fingerprint density at radius 1 is 1.33 bits per heavy atom. The molecule has 3 N–H and O–H groups in total. The Hall–Kier alpha value is -2.75. The second-order valence-corrected chi connectivity index (χ2v) is 4.69. The van der Waals surface area contributed by atoms with Crippen LogP contribution in [0.2, 0.25) is 0 Å². The van der Waals surface area contributed by atoms with Crippen LogP contribution in [0.4, 0.5) is 11.5 Å². The number of nitrogens with zero attached hydrogens (tertiary/aromatic N) is 2. The first-order valence-corrected chi connectivity index (χ1v) is 6.32. The van der Waals surface area contributed by atoms with E-state index in [1.807, 2.05) is 0 Å². The number of H-pyrrole nitrogens is 1. The Morgan fingerprint density at radius 3 is 2.62 bits per heavy atom. The van der Waals surface area contributed by atoms with Crippen LogP contribution in [0, 0.1) is 10.1 Å². The van der Waals surface area contributed by atoms with E-state index in [1.54, 1.807) is 24.3 Å². The van der Waals surface area contributed by atoms with Crippen LogP contribution in [0.15, 0.2) is 39.9 Å². The maximum Gasteiger partial charge on any atom is 0.377 e. The van der Waals surface area contributed by atoms with E-state index >= 15 is 0 Å². The van der Waals surface area contributed by atoms with E-state index in [0.717, 1.165) is 10.8 Å². The van der Waals surface area contributed by atoms with Crippen LogP contribution < -0.4 is 16.4 Å². The molecule has 108 valence electrons. The van der Waals surface area contributed by atoms with Gasteiger partial charge in [0.15, 0.2) is 0 Å². The molecule has 0 aliphatic rings. The van der Waals surface area contributed by atoms with E-state index in [1.165, 1.54) is 0 Å². The summed E-state index contributed by atoms with van der Waals surface area (Å²) >= 11 is 3.23. The number of halogens is 1. The van der Waals surface area contributed by atoms with Crippen LogP contribution in [0.5, 0.6) is 0 Å². The summed E-state index contributed by atoms with van der Waals surface area (Å²) < 4.78 is 0.805. The van der Waals surface area contributed by atoms with Gasteiger partial charge in [-0.15, -0.1) is 0 Å². The summed E-state index contributed by atoms with van der Waals surface area (Å²) in [6.45, 7) is 0. The van der Waals surface area contributed by atoms with Crippen LogP contribution in [-0.4, -0.2) is 20.8 Å². The van der Waals surface area contributed by atoms with Gasteiger partial charge in [-0.3, -0.25) is 30.6 Å². The lowest BCUT2D eigenvalue weighted by atomic mass is 10.2. The first kappa shape index (κ1) is 14.7. The lowest BCUT2D eigenvalue weighted by Gasteiger charge is -2.07. The monoisotopic (exact) mass is 353 g/mol. The molecule has 1 heterocycles. The van der Waals surface area contributed by atoms with Crippen molar-refractivity contribution in [3.63, 3.8) is 0 Å². The summed E-state index contributed by atoms with van der Waals surface area (Å²) in [7, 11) is 0. The Balaban J connectivity index is 2.15. The molecule has 21 heavy (non-hydrogen) atoms. The topological polar surface area (TPSA) is 130 Å². The summed E-state index contributed by atoms with van der Waals surface area (Å²) in [4.78, 5) is 38.7. The van der Waals surface area contributed by atoms with Gasteiger partial charge in [0.1, 0.15) is 0 Å². The van der Waals surface area contributed by atoms with Crippen molar-refractivity contribution < 1.29 is 9.72 Å². The van der Waals surface area contributed by atoms with Crippen molar-refractivity contribution in [1.82, 2.24) is 15.4 Å². The molecular formula is C11H8BrN5O4. The van der Waals surface area contributed by atoms with Gasteiger partial charge in [-0.05, 0) is 24.3 Å². The van der Waals surface area contributed by atoms with Gasteiger partial charge < -0.3 is 4.98 Å². The second-order valence-electron chi connectivity index (χ2n) is 3.77. The number of amides is 1. The molecule has 0 radical (unpaired) electrons. The normalized spacial score (nSPS) is 9.95. The molecule has 0 aliphatic heterocycles. The first-order valence-electron chi connectivity index (χ1n) is 5.53. The average molecular weight is 354 g/mol. The first-order chi connectivity index (χ1) is 9.99. The Bertz CT molecular complexity index is 743. The zero-order chi connectivity index (χ0) is 15.4. The Labute approximate surface area is 125 Å². The minimum absolute atomic E-state index is 0.332. The number of aromatic nitrogens is 2. The third kappa shape index (κ3) is 3.42. The van der Waals surface area contributed by atoms with Crippen molar-refractivity contribution in [2.75, 3.05) is 5.43 Å². The van der Waals surface area contributed by atoms with E-state index in [4.69, 9.17) is 0 Å². The molecule has 0 spiro atoms. The number of benzene rings is 1. The third-order valence-corrected chi connectivity index (χ3v) is 2.94. The highest BCUT2D eigenvalue weighted by Crippen LogP contribution is 2.14. The van der Waals surface area contributed by atoms with Gasteiger partial charge in [0.25, 0.3) is 5.91 Å². The molecule has 2 rings (SSSR count). The highest BCUT2D eigenvalue weighted by molar-refractivity contribution is 9.10. The third-order valence-electron chi connectivity index (χ3n) is 2.41. The molecule has 1 aromatic carbocycles. The summed E-state index contributed by atoms with van der Waals surface area (Å²) in [5, 5.41) is 10.8. The van der Waals surface area contributed by atoms with Crippen LogP contribution in [-0.2, 0) is 0 Å². The van der Waals surface area contributed by atoms with Gasteiger partial charge in [0.05, 0.1) is 11.3 Å². The number of carbonyl (C=O) groups excluding carboxylic acids is 1. The predicted molar refractivity (Wildman–Crippen MR) is 76.7 cm³/mol. The largest absolute Gasteiger partial charge is 0.377 e. The van der Waals surface area contributed by atoms with E-state index in [2.05, 4.69) is 36.7 Å². The minimum atomic E-state index is -0.921. The quantitative estimate of drug-likeness (QED) is 0.559. The zero-order valence-corrected chi connectivity index (χ0v) is 11.9. The van der Waals surface area contributed by atoms with Crippen LogP contribution in [0.25, 0.3) is 0 Å². The maximum atomic E-state index is 11.8. The molecule has 2 aromatic rings. The number of anilines is 1. The number of carbonyl (C=O) groups is 1. The number of rotatable bonds is 4. The molecule has 10 heteroatoms. The number of hydrazine groups is 1. The number of hydrogen-bond acceptors (Lipinski definition) is 6. The standard InChI is InChI=1S/C11H8BrN5O4/c12-7-3-1-6(2-4-7)10(18)16-15-9-8(17(20)21)11(19)14-5-13-9/h1-5H,(H,16,18)(H2,13,14,15,19). The van der Waals surface area contributed by atoms with Gasteiger partial charge >= 0.3 is 11.2 Å². The van der Waals surface area contributed by atoms with Crippen molar-refractivity contribution in [3.8, 4) is 0 Å². The highest BCUT2D eigenvalue weighted by Gasteiger charge is 2.20. The molecular weight excluding hydrogens is 346 g/mol. The van der Waals surface area contributed by atoms with Gasteiger partial charge in [-0.1, -0.05) is 15.9 Å². The van der Waals surface area contributed by atoms with Crippen LogP contribution >= 0.6 is 15.9 Å². The number of hydrogen-bond donors (Lipinski definition) is 3. The fourth-order valence-corrected chi connectivity index (χ4v) is 1.71. The van der Waals surface area contributed by atoms with Gasteiger partial charge in [0, 0.05) is 10.0 Å². The number of nitrogens with one attached hydrogen (secondary N) is 3. The molecule has 9 nitrogen and oxygen atoms in total. The van der Waals surface area contributed by atoms with Crippen molar-refractivity contribution in [2.45, 2.75) is 0 Å². The highest BCUT2D eigenvalue weighted by atomic mass is 79.9. The van der Waals surface area contributed by atoms with Crippen molar-refractivity contribution in [2.24, 2.45) is 0 Å². The van der Waals surface area contributed by atoms with Gasteiger partial charge in [-0.2, -0.15) is 0 Å². The van der Waals surface area contributed by atoms with E-state index in [9.17, 15) is 19.7 Å². The van der Waals surface area contributed by atoms with E-state index in [0.29, 0.717) is 5.56 Å². The summed E-state index contributed by atoms with van der Waals surface area (Å²) in [5.74, 6) is -0.881. The Kier molecular flexibility index (Phi) is 4.28. The molecule has 0 saturated heterocycles. The molecule has 0 bridgehead atoms. The molecule has 0 aliphatic carbocycles. The molecule has 1 amide bonds. The van der Waals surface area contributed by atoms with Crippen molar-refractivity contribution in [3.05, 3.63) is 61.1 Å². The molecule has 0 fully saturated rings. The van der Waals surface area contributed by atoms with Crippen LogP contribution in [0.3, 0.4) is 0 Å². The lowest BCUT2D eigenvalue weighted by Crippen LogP contribution is -2.31. The summed E-state index contributed by atoms with van der Waals surface area (Å²) in [5.41, 5.74) is 3.12. The van der Waals surface area contributed by atoms with Crippen LogP contribution in [0.1, 0.15) is 10.4 Å². The molecule has 0 unspecified atom stereocenters. The predicted octanol–water partition coefficient (Wildman–Crippen LogP) is 1.20. The summed E-state index contributed by atoms with van der Waals surface area (Å²) in [6.07, 6.45) is 0.990. The smallest absolute Gasteiger partial charge is 0.307 e. The zero-order valence-electron chi connectivity index (χ0n) is 10.3. The van der Waals surface area contributed by atoms with Crippen molar-refractivity contribution >= 4 is 33.3 Å². The Morgan fingerprint density at radius 2 is 2.00 bits per heavy atom. The number of nitro groups is 1. The second kappa shape index (κ2) is 6.13. The SMILES string of the molecule is O=C(NNc1nc[nH]c(=O)c1[N+](=O)[O-])c1ccc(Br)cc1.